The van der Waals surface area contributed by atoms with Crippen LogP contribution in [0.3, 0.4) is 0 Å². The number of rotatable bonds is 7. The molecule has 0 bridgehead atoms. The van der Waals surface area contributed by atoms with Crippen molar-refractivity contribution in [3.05, 3.63) is 65.2 Å². The number of amides is 2. The number of methoxy groups -OCH3 is 2. The van der Waals surface area contributed by atoms with Crippen molar-refractivity contribution in [2.75, 3.05) is 28.3 Å². The number of para-hydroxylation sites is 1. The number of ether oxygens (including phenoxy) is 2. The lowest BCUT2D eigenvalue weighted by atomic mass is 10.1. The van der Waals surface area contributed by atoms with E-state index >= 15 is 0 Å². The van der Waals surface area contributed by atoms with Gasteiger partial charge in [0.1, 0.15) is 0 Å². The second-order valence-electron chi connectivity index (χ2n) is 5.89. The molecule has 2 aromatic rings. The van der Waals surface area contributed by atoms with Crippen LogP contribution in [-0.2, 0) is 11.3 Å². The fourth-order valence-corrected chi connectivity index (χ4v) is 2.59. The van der Waals surface area contributed by atoms with Crippen molar-refractivity contribution in [3.8, 4) is 11.5 Å². The number of nitrogens with zero attached hydrogens (tertiary/aromatic N) is 1. The van der Waals surface area contributed by atoms with Gasteiger partial charge in [-0.1, -0.05) is 24.3 Å². The monoisotopic (exact) mass is 368 g/mol. The van der Waals surface area contributed by atoms with Crippen LogP contribution >= 0.6 is 0 Å². The number of carbonyl (C=O) groups excluding carboxylic acids is 2. The lowest BCUT2D eigenvalue weighted by Crippen LogP contribution is -2.24. The molecule has 0 atom stereocenters. The highest BCUT2D eigenvalue weighted by atomic mass is 16.5. The molecule has 0 radical (unpaired) electrons. The molecule has 0 aliphatic rings. The summed E-state index contributed by atoms with van der Waals surface area (Å²) >= 11 is 0. The molecule has 0 heterocycles. The predicted octanol–water partition coefficient (Wildman–Crippen LogP) is 2.74. The van der Waals surface area contributed by atoms with E-state index < -0.39 is 0 Å². The second kappa shape index (κ2) is 9.43. The largest absolute Gasteiger partial charge is 0.493 e. The molecule has 0 aliphatic carbocycles. The minimum atomic E-state index is -0.143. The van der Waals surface area contributed by atoms with Crippen molar-refractivity contribution in [1.29, 1.82) is 0 Å². The van der Waals surface area contributed by atoms with Gasteiger partial charge in [-0.3, -0.25) is 9.59 Å². The molecule has 0 saturated heterocycles. The van der Waals surface area contributed by atoms with Crippen LogP contribution in [0, 0.1) is 0 Å². The molecule has 0 aliphatic heterocycles. The van der Waals surface area contributed by atoms with Crippen LogP contribution in [0.1, 0.15) is 21.5 Å². The number of likely N-dealkylation sites (N-methyl/N-ethyl adjacent to an activating group) is 1. The molecular weight excluding hydrogens is 344 g/mol. The van der Waals surface area contributed by atoms with E-state index in [9.17, 15) is 9.59 Å². The van der Waals surface area contributed by atoms with Gasteiger partial charge in [-0.25, -0.2) is 0 Å². The van der Waals surface area contributed by atoms with Crippen molar-refractivity contribution in [2.24, 2.45) is 0 Å². The molecule has 1 N–H and O–H groups in total. The highest BCUT2D eigenvalue weighted by Crippen LogP contribution is 2.31. The Kier molecular flexibility index (Phi) is 7.00. The number of hydrogen-bond acceptors (Lipinski definition) is 4. The lowest BCUT2D eigenvalue weighted by Gasteiger charge is -2.15. The Morgan fingerprint density at radius 2 is 1.78 bits per heavy atom. The van der Waals surface area contributed by atoms with Crippen LogP contribution in [0.2, 0.25) is 0 Å². The molecule has 142 valence electrons. The Hall–Kier alpha value is -3.28. The zero-order valence-corrected chi connectivity index (χ0v) is 16.0. The van der Waals surface area contributed by atoms with Gasteiger partial charge in [0.15, 0.2) is 11.5 Å². The van der Waals surface area contributed by atoms with Crippen LogP contribution in [0.4, 0.5) is 0 Å². The van der Waals surface area contributed by atoms with E-state index in [-0.39, 0.29) is 11.8 Å². The molecule has 2 aromatic carbocycles. The van der Waals surface area contributed by atoms with Crippen LogP contribution in [0.25, 0.3) is 6.08 Å². The third-order valence-electron chi connectivity index (χ3n) is 4.08. The third kappa shape index (κ3) is 5.10. The summed E-state index contributed by atoms with van der Waals surface area (Å²) in [7, 11) is 6.44. The Labute approximate surface area is 159 Å². The zero-order valence-electron chi connectivity index (χ0n) is 16.0. The van der Waals surface area contributed by atoms with E-state index in [1.807, 2.05) is 24.3 Å². The average molecular weight is 368 g/mol. The number of nitrogens with one attached hydrogen (secondary N) is 1. The first-order valence-corrected chi connectivity index (χ1v) is 8.45. The maximum Gasteiger partial charge on any atom is 0.251 e. The highest BCUT2D eigenvalue weighted by molar-refractivity contribution is 5.94. The van der Waals surface area contributed by atoms with Gasteiger partial charge in [-0.05, 0) is 29.8 Å². The highest BCUT2D eigenvalue weighted by Gasteiger charge is 2.10. The zero-order chi connectivity index (χ0) is 19.8. The molecule has 0 unspecified atom stereocenters. The number of carbonyl (C=O) groups is 2. The van der Waals surface area contributed by atoms with E-state index in [0.29, 0.717) is 23.6 Å². The van der Waals surface area contributed by atoms with E-state index in [1.54, 1.807) is 57.5 Å². The standard InChI is InChI=1S/C21H24N2O4/c1-22-21(25)17-10-8-15(9-11-17)14-23(2)19(24)13-12-16-6-5-7-18(26-3)20(16)27-4/h5-13H,14H2,1-4H3,(H,22,25). The van der Waals surface area contributed by atoms with Crippen LogP contribution in [0.15, 0.2) is 48.5 Å². The minimum Gasteiger partial charge on any atom is -0.493 e. The summed E-state index contributed by atoms with van der Waals surface area (Å²) in [6, 6.07) is 12.6. The molecule has 2 amide bonds. The van der Waals surface area contributed by atoms with Gasteiger partial charge in [0.2, 0.25) is 5.91 Å². The van der Waals surface area contributed by atoms with Gasteiger partial charge < -0.3 is 19.7 Å². The maximum absolute atomic E-state index is 12.4. The van der Waals surface area contributed by atoms with E-state index in [1.165, 1.54) is 6.08 Å². The first kappa shape index (κ1) is 20.0. The molecule has 0 fully saturated rings. The van der Waals surface area contributed by atoms with Crippen molar-refractivity contribution >= 4 is 17.9 Å². The van der Waals surface area contributed by atoms with Crippen molar-refractivity contribution in [3.63, 3.8) is 0 Å². The predicted molar refractivity (Wildman–Crippen MR) is 105 cm³/mol. The SMILES string of the molecule is CNC(=O)c1ccc(CN(C)C(=O)C=Cc2cccc(OC)c2OC)cc1. The van der Waals surface area contributed by atoms with Crippen molar-refractivity contribution < 1.29 is 19.1 Å². The van der Waals surface area contributed by atoms with Gasteiger partial charge in [-0.15, -0.1) is 0 Å². The maximum atomic E-state index is 12.4. The first-order valence-electron chi connectivity index (χ1n) is 8.45. The van der Waals surface area contributed by atoms with Gasteiger partial charge in [0.05, 0.1) is 14.2 Å². The van der Waals surface area contributed by atoms with Crippen LogP contribution in [0.5, 0.6) is 11.5 Å². The normalized spacial score (nSPS) is 10.5. The van der Waals surface area contributed by atoms with Crippen molar-refractivity contribution in [2.45, 2.75) is 6.54 Å². The first-order chi connectivity index (χ1) is 13.0. The van der Waals surface area contributed by atoms with Gasteiger partial charge in [0, 0.05) is 37.8 Å². The topological polar surface area (TPSA) is 67.9 Å². The Morgan fingerprint density at radius 1 is 1.07 bits per heavy atom. The Bertz CT molecular complexity index is 829. The lowest BCUT2D eigenvalue weighted by molar-refractivity contribution is -0.125. The summed E-state index contributed by atoms with van der Waals surface area (Å²) < 4.78 is 10.6. The number of benzene rings is 2. The molecular formula is C21H24N2O4. The Morgan fingerprint density at radius 3 is 2.37 bits per heavy atom. The molecule has 6 heteroatoms. The molecule has 0 aromatic heterocycles. The van der Waals surface area contributed by atoms with Crippen LogP contribution < -0.4 is 14.8 Å². The van der Waals surface area contributed by atoms with Gasteiger partial charge in [-0.2, -0.15) is 0 Å². The number of hydrogen-bond donors (Lipinski definition) is 1. The Balaban J connectivity index is 2.05. The van der Waals surface area contributed by atoms with Gasteiger partial charge >= 0.3 is 0 Å². The van der Waals surface area contributed by atoms with E-state index in [4.69, 9.17) is 9.47 Å². The second-order valence-corrected chi connectivity index (χ2v) is 5.89. The summed E-state index contributed by atoms with van der Waals surface area (Å²) in [5, 5.41) is 2.58. The summed E-state index contributed by atoms with van der Waals surface area (Å²) in [5.74, 6) is 0.907. The summed E-state index contributed by atoms with van der Waals surface area (Å²) in [6.45, 7) is 0.437. The van der Waals surface area contributed by atoms with E-state index in [0.717, 1.165) is 11.1 Å². The fraction of sp³-hybridized carbons (Fsp3) is 0.238. The molecule has 27 heavy (non-hydrogen) atoms. The van der Waals surface area contributed by atoms with Crippen molar-refractivity contribution in [1.82, 2.24) is 10.2 Å². The average Bonchev–Trinajstić information content (AvgIpc) is 2.71. The molecule has 2 rings (SSSR count). The van der Waals surface area contributed by atoms with Gasteiger partial charge in [0.25, 0.3) is 5.91 Å². The summed E-state index contributed by atoms with van der Waals surface area (Å²) in [6.07, 6.45) is 3.20. The summed E-state index contributed by atoms with van der Waals surface area (Å²) in [5.41, 5.74) is 2.28. The third-order valence-corrected chi connectivity index (χ3v) is 4.08. The fourth-order valence-electron chi connectivity index (χ4n) is 2.59. The molecule has 0 saturated carbocycles. The van der Waals surface area contributed by atoms with Crippen LogP contribution in [-0.4, -0.2) is 45.0 Å². The minimum absolute atomic E-state index is 0.138. The summed E-state index contributed by atoms with van der Waals surface area (Å²) in [4.78, 5) is 25.6. The van der Waals surface area contributed by atoms with E-state index in [2.05, 4.69) is 5.32 Å². The molecule has 6 nitrogen and oxygen atoms in total. The quantitative estimate of drug-likeness (QED) is 0.763. The molecule has 0 spiro atoms. The smallest absolute Gasteiger partial charge is 0.251 e.